The summed E-state index contributed by atoms with van der Waals surface area (Å²) in [5, 5.41) is 6.10. The number of fused-ring (bicyclic) bond motifs is 3. The quantitative estimate of drug-likeness (QED) is 0.528. The average Bonchev–Trinajstić information content (AvgIpc) is 3.46. The molecule has 0 bridgehead atoms. The maximum Gasteiger partial charge on any atom is 0.125 e. The number of hydrogen-bond donors (Lipinski definition) is 0. The highest BCUT2D eigenvalue weighted by Crippen LogP contribution is 2.44. The van der Waals surface area contributed by atoms with Crippen molar-refractivity contribution in [2.24, 2.45) is 0 Å². The van der Waals surface area contributed by atoms with E-state index in [2.05, 4.69) is 48.8 Å². The minimum absolute atomic E-state index is 0.209. The molecule has 2 aliphatic rings. The van der Waals surface area contributed by atoms with E-state index in [1.165, 1.54) is 24.1 Å². The first-order valence-corrected chi connectivity index (χ1v) is 10.6. The largest absolute Gasteiger partial charge is 0.298 e. The van der Waals surface area contributed by atoms with Gasteiger partial charge in [-0.1, -0.05) is 18.2 Å². The summed E-state index contributed by atoms with van der Waals surface area (Å²) < 4.78 is 2.23. The van der Waals surface area contributed by atoms with Crippen LogP contribution in [-0.2, 0) is 18.5 Å². The molecule has 1 atom stereocenters. The minimum Gasteiger partial charge on any atom is -0.298 e. The van der Waals surface area contributed by atoms with E-state index in [0.717, 1.165) is 54.2 Å². The molecule has 6 nitrogen and oxygen atoms in total. The molecule has 0 amide bonds. The lowest BCUT2D eigenvalue weighted by Crippen LogP contribution is -2.29. The van der Waals surface area contributed by atoms with Crippen LogP contribution in [-0.4, -0.2) is 42.7 Å². The van der Waals surface area contributed by atoms with Crippen LogP contribution in [0.25, 0.3) is 22.2 Å². The summed E-state index contributed by atoms with van der Waals surface area (Å²) >= 11 is 0. The fourth-order valence-electron chi connectivity index (χ4n) is 5.08. The first kappa shape index (κ1) is 17.7. The smallest absolute Gasteiger partial charge is 0.125 e. The van der Waals surface area contributed by atoms with Crippen molar-refractivity contribution < 1.29 is 0 Å². The maximum absolute atomic E-state index is 4.94. The highest BCUT2D eigenvalue weighted by Gasteiger charge is 2.45. The van der Waals surface area contributed by atoms with E-state index < -0.39 is 0 Å². The summed E-state index contributed by atoms with van der Waals surface area (Å²) in [5.41, 5.74) is 5.93. The zero-order valence-corrected chi connectivity index (χ0v) is 17.1. The third kappa shape index (κ3) is 2.91. The van der Waals surface area contributed by atoms with Gasteiger partial charge >= 0.3 is 0 Å². The molecule has 1 unspecified atom stereocenters. The van der Waals surface area contributed by atoms with Gasteiger partial charge in [-0.25, -0.2) is 9.97 Å². The molecule has 2 aliphatic heterocycles. The second-order valence-corrected chi connectivity index (χ2v) is 8.68. The first-order valence-electron chi connectivity index (χ1n) is 10.6. The fourth-order valence-corrected chi connectivity index (χ4v) is 5.08. The number of benzene rings is 1. The zero-order chi connectivity index (χ0) is 20.1. The number of likely N-dealkylation sites (tertiary alicyclic amines) is 1. The third-order valence-electron chi connectivity index (χ3n) is 6.69. The fraction of sp³-hybridized carbons (Fsp3) is 0.333. The lowest BCUT2D eigenvalue weighted by atomic mass is 9.82. The predicted octanol–water partition coefficient (Wildman–Crippen LogP) is 3.74. The van der Waals surface area contributed by atoms with Crippen LogP contribution in [0.3, 0.4) is 0 Å². The number of aryl methyl sites for hydroxylation is 2. The lowest BCUT2D eigenvalue weighted by molar-refractivity contribution is 0.301. The molecular formula is C24H24N6. The summed E-state index contributed by atoms with van der Waals surface area (Å²) in [6.07, 6.45) is 8.22. The Kier molecular flexibility index (Phi) is 3.96. The molecule has 6 rings (SSSR count). The standard InChI is InChI=1S/C24H24N6/c1-17-25-12-18(13-26-17)15-29-8-6-24(16-29)7-9-30-23(24)11-22(28-30)20-10-19-4-2-3-5-21(19)27-14-20/h2-5,10-14H,6-9,15-16H2,1H3. The van der Waals surface area contributed by atoms with Gasteiger partial charge in [-0.2, -0.15) is 5.10 Å². The Morgan fingerprint density at radius 1 is 0.967 bits per heavy atom. The SMILES string of the molecule is Cc1ncc(CN2CCC3(CCn4nc(-c5cnc6ccccc6c5)cc43)C2)cn1. The van der Waals surface area contributed by atoms with Gasteiger partial charge in [-0.05, 0) is 44.5 Å². The Balaban J connectivity index is 1.27. The molecule has 1 aromatic carbocycles. The Morgan fingerprint density at radius 2 is 1.80 bits per heavy atom. The lowest BCUT2D eigenvalue weighted by Gasteiger charge is -2.23. The van der Waals surface area contributed by atoms with Crippen molar-refractivity contribution in [3.05, 3.63) is 72.1 Å². The molecule has 1 spiro atoms. The molecule has 0 N–H and O–H groups in total. The van der Waals surface area contributed by atoms with Crippen molar-refractivity contribution in [1.82, 2.24) is 29.6 Å². The van der Waals surface area contributed by atoms with Crippen molar-refractivity contribution in [1.29, 1.82) is 0 Å². The van der Waals surface area contributed by atoms with Crippen LogP contribution >= 0.6 is 0 Å². The van der Waals surface area contributed by atoms with Crippen molar-refractivity contribution >= 4 is 10.9 Å². The zero-order valence-electron chi connectivity index (χ0n) is 17.1. The number of nitrogens with zero attached hydrogens (tertiary/aromatic N) is 6. The van der Waals surface area contributed by atoms with E-state index in [-0.39, 0.29) is 5.41 Å². The van der Waals surface area contributed by atoms with Crippen LogP contribution in [0.15, 0.2) is 55.0 Å². The van der Waals surface area contributed by atoms with E-state index in [9.17, 15) is 0 Å². The van der Waals surface area contributed by atoms with Crippen LogP contribution in [0.2, 0.25) is 0 Å². The van der Waals surface area contributed by atoms with Crippen LogP contribution < -0.4 is 0 Å². The van der Waals surface area contributed by atoms with Gasteiger partial charge in [0.05, 0.1) is 11.2 Å². The van der Waals surface area contributed by atoms with Crippen molar-refractivity contribution in [3.63, 3.8) is 0 Å². The number of rotatable bonds is 3. The second kappa shape index (κ2) is 6.71. The Labute approximate surface area is 175 Å². The Hall–Kier alpha value is -3.12. The average molecular weight is 396 g/mol. The minimum atomic E-state index is 0.209. The van der Waals surface area contributed by atoms with E-state index in [1.807, 2.05) is 37.6 Å². The van der Waals surface area contributed by atoms with Crippen LogP contribution in [0.4, 0.5) is 0 Å². The summed E-state index contributed by atoms with van der Waals surface area (Å²) in [4.78, 5) is 15.9. The third-order valence-corrected chi connectivity index (χ3v) is 6.69. The monoisotopic (exact) mass is 396 g/mol. The van der Waals surface area contributed by atoms with Gasteiger partial charge in [-0.15, -0.1) is 0 Å². The molecule has 3 aromatic heterocycles. The molecule has 150 valence electrons. The van der Waals surface area contributed by atoms with Gasteiger partial charge in [0, 0.05) is 65.8 Å². The second-order valence-electron chi connectivity index (χ2n) is 8.68. The summed E-state index contributed by atoms with van der Waals surface area (Å²) in [7, 11) is 0. The molecule has 30 heavy (non-hydrogen) atoms. The van der Waals surface area contributed by atoms with Crippen LogP contribution in [0, 0.1) is 6.92 Å². The van der Waals surface area contributed by atoms with Gasteiger partial charge in [0.25, 0.3) is 0 Å². The van der Waals surface area contributed by atoms with Crippen LogP contribution in [0.1, 0.15) is 29.9 Å². The maximum atomic E-state index is 4.94. The molecule has 1 fully saturated rings. The molecule has 6 heteroatoms. The van der Waals surface area contributed by atoms with Gasteiger partial charge < -0.3 is 0 Å². The molecule has 4 aromatic rings. The van der Waals surface area contributed by atoms with Crippen molar-refractivity contribution in [3.8, 4) is 11.3 Å². The topological polar surface area (TPSA) is 59.7 Å². The summed E-state index contributed by atoms with van der Waals surface area (Å²) in [5.74, 6) is 0.826. The normalized spacial score (nSPS) is 21.0. The molecule has 1 saturated heterocycles. The number of aromatic nitrogens is 5. The van der Waals surface area contributed by atoms with Crippen LogP contribution in [0.5, 0.6) is 0 Å². The number of hydrogen-bond acceptors (Lipinski definition) is 5. The Bertz CT molecular complexity index is 1230. The molecular weight excluding hydrogens is 372 g/mol. The highest BCUT2D eigenvalue weighted by atomic mass is 15.3. The molecule has 5 heterocycles. The van der Waals surface area contributed by atoms with Gasteiger partial charge in [0.15, 0.2) is 0 Å². The van der Waals surface area contributed by atoms with Gasteiger partial charge in [0.1, 0.15) is 5.82 Å². The number of pyridine rings is 1. The first-order chi connectivity index (χ1) is 14.7. The highest BCUT2D eigenvalue weighted by molar-refractivity contribution is 5.82. The number of para-hydroxylation sites is 1. The predicted molar refractivity (Wildman–Crippen MR) is 116 cm³/mol. The van der Waals surface area contributed by atoms with Gasteiger partial charge in [0.2, 0.25) is 0 Å². The summed E-state index contributed by atoms with van der Waals surface area (Å²) in [6, 6.07) is 12.7. The van der Waals surface area contributed by atoms with Crippen molar-refractivity contribution in [2.45, 2.75) is 38.3 Å². The molecule has 0 aliphatic carbocycles. The summed E-state index contributed by atoms with van der Waals surface area (Å²) in [6.45, 7) is 6.01. The van der Waals surface area contributed by atoms with E-state index in [1.54, 1.807) is 0 Å². The van der Waals surface area contributed by atoms with Gasteiger partial charge in [-0.3, -0.25) is 14.6 Å². The molecule has 0 radical (unpaired) electrons. The van der Waals surface area contributed by atoms with E-state index >= 15 is 0 Å². The Morgan fingerprint density at radius 3 is 2.70 bits per heavy atom. The van der Waals surface area contributed by atoms with E-state index in [4.69, 9.17) is 5.10 Å². The van der Waals surface area contributed by atoms with E-state index in [0.29, 0.717) is 0 Å². The van der Waals surface area contributed by atoms with Crippen molar-refractivity contribution in [2.75, 3.05) is 13.1 Å². The molecule has 0 saturated carbocycles.